The molecule has 0 radical (unpaired) electrons. The Labute approximate surface area is 172 Å². The van der Waals surface area contributed by atoms with Crippen molar-refractivity contribution < 1.29 is 9.53 Å². The number of aryl methyl sites for hydroxylation is 1. The van der Waals surface area contributed by atoms with Crippen LogP contribution in [0.15, 0.2) is 18.2 Å². The first-order valence-electron chi connectivity index (χ1n) is 11.3. The van der Waals surface area contributed by atoms with Crippen molar-refractivity contribution in [3.8, 4) is 0 Å². The van der Waals surface area contributed by atoms with Gasteiger partial charge in [-0.3, -0.25) is 9.69 Å². The smallest absolute Gasteiger partial charge is 0.312 e. The average Bonchev–Trinajstić information content (AvgIpc) is 3.26. The predicted octanol–water partition coefficient (Wildman–Crippen LogP) is 3.65. The molecule has 2 saturated heterocycles. The van der Waals surface area contributed by atoms with Crippen LogP contribution in [0.4, 0.5) is 5.69 Å². The molecular formula is C23H32N4O2. The summed E-state index contributed by atoms with van der Waals surface area (Å²) in [5.74, 6) is 1.06. The molecule has 3 aliphatic rings. The number of para-hydroxylation sites is 1. The monoisotopic (exact) mass is 396 g/mol. The quantitative estimate of drug-likeness (QED) is 0.800. The number of benzene rings is 1. The van der Waals surface area contributed by atoms with Crippen LogP contribution in [-0.2, 0) is 9.53 Å². The molecule has 0 unspecified atom stereocenters. The normalized spacial score (nSPS) is 25.1. The second-order valence-corrected chi connectivity index (χ2v) is 9.19. The second-order valence-electron chi connectivity index (χ2n) is 9.19. The summed E-state index contributed by atoms with van der Waals surface area (Å²) in [6.07, 6.45) is 7.78. The van der Waals surface area contributed by atoms with Gasteiger partial charge in [0.05, 0.1) is 16.6 Å². The van der Waals surface area contributed by atoms with Gasteiger partial charge in [0.15, 0.2) is 0 Å². The number of rotatable bonds is 4. The van der Waals surface area contributed by atoms with Crippen LogP contribution in [0.1, 0.15) is 50.8 Å². The summed E-state index contributed by atoms with van der Waals surface area (Å²) in [6.45, 7) is 7.15. The van der Waals surface area contributed by atoms with E-state index < -0.39 is 0 Å². The summed E-state index contributed by atoms with van der Waals surface area (Å²) in [6, 6.07) is 6.38. The molecule has 0 bridgehead atoms. The number of hydrogen-bond donors (Lipinski definition) is 1. The Kier molecular flexibility index (Phi) is 4.98. The number of H-pyrrole nitrogens is 1. The average molecular weight is 397 g/mol. The fraction of sp³-hybridized carbons (Fsp3) is 0.652. The first kappa shape index (κ1) is 18.9. The molecule has 1 spiro atoms. The number of anilines is 1. The number of ether oxygens (including phenoxy) is 1. The lowest BCUT2D eigenvalue weighted by Crippen LogP contribution is -2.47. The fourth-order valence-corrected chi connectivity index (χ4v) is 5.57. The molecule has 1 N–H and O–H groups in total. The molecule has 2 aliphatic heterocycles. The van der Waals surface area contributed by atoms with E-state index in [0.29, 0.717) is 0 Å². The molecular weight excluding hydrogens is 364 g/mol. The predicted molar refractivity (Wildman–Crippen MR) is 114 cm³/mol. The lowest BCUT2D eigenvalue weighted by atomic mass is 9.72. The number of aromatic nitrogens is 2. The van der Waals surface area contributed by atoms with Gasteiger partial charge in [-0.25, -0.2) is 4.98 Å². The highest BCUT2D eigenvalue weighted by molar-refractivity contribution is 5.89. The molecule has 156 valence electrons. The molecule has 5 rings (SSSR count). The van der Waals surface area contributed by atoms with Gasteiger partial charge < -0.3 is 14.6 Å². The highest BCUT2D eigenvalue weighted by Crippen LogP contribution is 2.46. The van der Waals surface area contributed by atoms with Crippen LogP contribution in [0.2, 0.25) is 0 Å². The van der Waals surface area contributed by atoms with Crippen molar-refractivity contribution in [2.75, 3.05) is 37.6 Å². The van der Waals surface area contributed by atoms with Gasteiger partial charge in [-0.2, -0.15) is 0 Å². The Balaban J connectivity index is 1.14. The Morgan fingerprint density at radius 1 is 1.17 bits per heavy atom. The van der Waals surface area contributed by atoms with E-state index in [-0.39, 0.29) is 17.5 Å². The van der Waals surface area contributed by atoms with Gasteiger partial charge in [0.1, 0.15) is 17.4 Å². The first-order valence-corrected chi connectivity index (χ1v) is 11.3. The fourth-order valence-electron chi connectivity index (χ4n) is 5.57. The molecule has 3 heterocycles. The van der Waals surface area contributed by atoms with E-state index >= 15 is 0 Å². The zero-order valence-electron chi connectivity index (χ0n) is 17.5. The Hall–Kier alpha value is -2.08. The van der Waals surface area contributed by atoms with E-state index in [4.69, 9.17) is 4.74 Å². The zero-order valence-corrected chi connectivity index (χ0v) is 17.5. The maximum Gasteiger partial charge on any atom is 0.312 e. The van der Waals surface area contributed by atoms with E-state index in [1.165, 1.54) is 24.9 Å². The maximum absolute atomic E-state index is 12.5. The standard InChI is InChI=1S/C23H32N4O2/c1-17-24-19-6-5-7-20(21(19)25-17)27-14-12-26(13-15-27)11-8-18-16-23(22(28)29-18)9-3-2-4-10-23/h5-7,18H,2-4,8-16H2,1H3,(H,24,25)/t18-/m1/s1. The lowest BCUT2D eigenvalue weighted by Gasteiger charge is -2.36. The summed E-state index contributed by atoms with van der Waals surface area (Å²) < 4.78 is 5.80. The number of aromatic amines is 1. The molecule has 6 nitrogen and oxygen atoms in total. The SMILES string of the molecule is Cc1nc2c(N3CCN(CC[C@@H]4CC5(CCCCC5)C(=O)O4)CC3)cccc2[nH]1. The molecule has 1 atom stereocenters. The lowest BCUT2D eigenvalue weighted by molar-refractivity contribution is -0.150. The number of nitrogens with one attached hydrogen (secondary N) is 1. The van der Waals surface area contributed by atoms with Crippen molar-refractivity contribution in [2.24, 2.45) is 5.41 Å². The van der Waals surface area contributed by atoms with Crippen LogP contribution >= 0.6 is 0 Å². The van der Waals surface area contributed by atoms with Crippen molar-refractivity contribution in [1.82, 2.24) is 14.9 Å². The van der Waals surface area contributed by atoms with E-state index in [1.54, 1.807) is 0 Å². The molecule has 1 aromatic carbocycles. The number of esters is 1. The number of carbonyl (C=O) groups excluding carboxylic acids is 1. The molecule has 0 amide bonds. The van der Waals surface area contributed by atoms with Crippen LogP contribution in [0.5, 0.6) is 0 Å². The van der Waals surface area contributed by atoms with Gasteiger partial charge in [0.2, 0.25) is 0 Å². The summed E-state index contributed by atoms with van der Waals surface area (Å²) >= 11 is 0. The minimum Gasteiger partial charge on any atom is -0.462 e. The molecule has 1 aromatic heterocycles. The van der Waals surface area contributed by atoms with Gasteiger partial charge in [0.25, 0.3) is 0 Å². The van der Waals surface area contributed by atoms with Gasteiger partial charge in [0, 0.05) is 39.1 Å². The van der Waals surface area contributed by atoms with Gasteiger partial charge >= 0.3 is 5.97 Å². The Morgan fingerprint density at radius 3 is 2.76 bits per heavy atom. The largest absolute Gasteiger partial charge is 0.462 e. The summed E-state index contributed by atoms with van der Waals surface area (Å²) in [5.41, 5.74) is 3.29. The first-order chi connectivity index (χ1) is 14.1. The van der Waals surface area contributed by atoms with Gasteiger partial charge in [-0.1, -0.05) is 25.3 Å². The van der Waals surface area contributed by atoms with Crippen LogP contribution in [-0.4, -0.2) is 59.7 Å². The number of fused-ring (bicyclic) bond motifs is 1. The maximum atomic E-state index is 12.5. The van der Waals surface area contributed by atoms with Gasteiger partial charge in [-0.15, -0.1) is 0 Å². The summed E-state index contributed by atoms with van der Waals surface area (Å²) in [4.78, 5) is 25.5. The third-order valence-electron chi connectivity index (χ3n) is 7.23. The van der Waals surface area contributed by atoms with Crippen LogP contribution in [0, 0.1) is 12.3 Å². The van der Waals surface area contributed by atoms with Crippen molar-refractivity contribution >= 4 is 22.7 Å². The summed E-state index contributed by atoms with van der Waals surface area (Å²) in [7, 11) is 0. The number of carbonyl (C=O) groups is 1. The third-order valence-corrected chi connectivity index (χ3v) is 7.23. The number of nitrogens with zero attached hydrogens (tertiary/aromatic N) is 3. The minimum absolute atomic E-state index is 0.0920. The number of piperazine rings is 1. The van der Waals surface area contributed by atoms with Gasteiger partial charge in [-0.05, 0) is 38.3 Å². The Morgan fingerprint density at radius 2 is 1.97 bits per heavy atom. The molecule has 3 fully saturated rings. The van der Waals surface area contributed by atoms with E-state index in [9.17, 15) is 4.79 Å². The van der Waals surface area contributed by atoms with Crippen molar-refractivity contribution in [2.45, 2.75) is 58.0 Å². The van der Waals surface area contributed by atoms with Crippen LogP contribution < -0.4 is 4.90 Å². The Bertz CT molecular complexity index is 878. The highest BCUT2D eigenvalue weighted by Gasteiger charge is 2.48. The number of hydrogen-bond acceptors (Lipinski definition) is 5. The summed E-state index contributed by atoms with van der Waals surface area (Å²) in [5, 5.41) is 0. The molecule has 29 heavy (non-hydrogen) atoms. The highest BCUT2D eigenvalue weighted by atomic mass is 16.6. The van der Waals surface area contributed by atoms with E-state index in [2.05, 4.69) is 38.0 Å². The topological polar surface area (TPSA) is 61.5 Å². The van der Waals surface area contributed by atoms with Crippen molar-refractivity contribution in [3.63, 3.8) is 0 Å². The zero-order chi connectivity index (χ0) is 19.8. The van der Waals surface area contributed by atoms with Crippen molar-refractivity contribution in [1.29, 1.82) is 0 Å². The number of imidazole rings is 1. The minimum atomic E-state index is -0.137. The molecule has 6 heteroatoms. The third kappa shape index (κ3) is 3.63. The molecule has 1 saturated carbocycles. The molecule has 2 aromatic rings. The number of cyclic esters (lactones) is 1. The van der Waals surface area contributed by atoms with E-state index in [1.807, 2.05) is 6.92 Å². The van der Waals surface area contributed by atoms with Crippen LogP contribution in [0.25, 0.3) is 11.0 Å². The van der Waals surface area contributed by atoms with Crippen LogP contribution in [0.3, 0.4) is 0 Å². The van der Waals surface area contributed by atoms with E-state index in [0.717, 1.165) is 75.3 Å². The second kappa shape index (κ2) is 7.63. The molecule has 1 aliphatic carbocycles. The van der Waals surface area contributed by atoms with Crippen molar-refractivity contribution in [3.05, 3.63) is 24.0 Å².